The zero-order chi connectivity index (χ0) is 19.1. The van der Waals surface area contributed by atoms with Gasteiger partial charge in [0.15, 0.2) is 6.04 Å². The molecule has 0 spiro atoms. The fourth-order valence-electron chi connectivity index (χ4n) is 3.54. The number of nitrogens with zero attached hydrogens (tertiary/aromatic N) is 4. The zero-order valence-corrected chi connectivity index (χ0v) is 14.9. The monoisotopic (exact) mass is 372 g/mol. The molecular formula is C21H16N4O3. The number of pyridine rings is 1. The number of carbonyl (C=O) groups is 1. The topological polar surface area (TPSA) is 78.5 Å². The molecule has 4 aromatic rings. The van der Waals surface area contributed by atoms with Crippen LogP contribution in [-0.2, 0) is 9.53 Å². The van der Waals surface area contributed by atoms with Gasteiger partial charge in [0, 0.05) is 24.2 Å². The SMILES string of the molecule is O=C1OCCC1n1nc(-c2c(-c3ccccc3)nn3ccccc23)ccc1=O. The standard InChI is InChI=1S/C21H16N4O3/c26-18-10-9-15(22-25(18)17-11-13-28-21(17)27)19-16-8-4-5-12-24(16)23-20(19)14-6-2-1-3-7-14/h1-10,12,17H,11,13H2. The maximum atomic E-state index is 12.4. The summed E-state index contributed by atoms with van der Waals surface area (Å²) in [6.45, 7) is 0.299. The lowest BCUT2D eigenvalue weighted by molar-refractivity contribution is -0.140. The van der Waals surface area contributed by atoms with E-state index < -0.39 is 12.0 Å². The molecule has 1 saturated heterocycles. The van der Waals surface area contributed by atoms with Crippen molar-refractivity contribution >= 4 is 11.5 Å². The highest BCUT2D eigenvalue weighted by Gasteiger charge is 2.30. The summed E-state index contributed by atoms with van der Waals surface area (Å²) < 4.78 is 8.03. The van der Waals surface area contributed by atoms with Crippen LogP contribution in [0.15, 0.2) is 71.7 Å². The van der Waals surface area contributed by atoms with Crippen LogP contribution in [0.1, 0.15) is 12.5 Å². The second-order valence-corrected chi connectivity index (χ2v) is 6.59. The number of hydrogen-bond donors (Lipinski definition) is 0. The summed E-state index contributed by atoms with van der Waals surface area (Å²) in [7, 11) is 0. The van der Waals surface area contributed by atoms with Crippen LogP contribution < -0.4 is 5.56 Å². The lowest BCUT2D eigenvalue weighted by atomic mass is 10.0. The second kappa shape index (κ2) is 6.45. The smallest absolute Gasteiger partial charge is 0.331 e. The van der Waals surface area contributed by atoms with Gasteiger partial charge in [0.05, 0.1) is 23.4 Å². The van der Waals surface area contributed by atoms with Gasteiger partial charge >= 0.3 is 5.97 Å². The van der Waals surface area contributed by atoms with E-state index in [-0.39, 0.29) is 5.56 Å². The van der Waals surface area contributed by atoms with E-state index in [4.69, 9.17) is 9.84 Å². The molecule has 0 radical (unpaired) electrons. The Bertz CT molecular complexity index is 1240. The van der Waals surface area contributed by atoms with Crippen molar-refractivity contribution in [3.8, 4) is 22.5 Å². The molecule has 1 aliphatic rings. The molecule has 0 amide bonds. The van der Waals surface area contributed by atoms with Gasteiger partial charge in [-0.25, -0.2) is 14.0 Å². The lowest BCUT2D eigenvalue weighted by Crippen LogP contribution is -2.29. The van der Waals surface area contributed by atoms with E-state index in [1.807, 2.05) is 54.7 Å². The van der Waals surface area contributed by atoms with Crippen molar-refractivity contribution < 1.29 is 9.53 Å². The Hall–Kier alpha value is -3.74. The summed E-state index contributed by atoms with van der Waals surface area (Å²) in [5.74, 6) is -0.421. The number of esters is 1. The number of cyclic esters (lactones) is 1. The summed E-state index contributed by atoms with van der Waals surface area (Å²) in [4.78, 5) is 24.4. The zero-order valence-electron chi connectivity index (χ0n) is 14.9. The average Bonchev–Trinajstić information content (AvgIpc) is 3.33. The van der Waals surface area contributed by atoms with Gasteiger partial charge in [0.25, 0.3) is 5.56 Å². The molecule has 1 aliphatic heterocycles. The predicted octanol–water partition coefficient (Wildman–Crippen LogP) is 2.71. The largest absolute Gasteiger partial charge is 0.464 e. The molecule has 138 valence electrons. The summed E-state index contributed by atoms with van der Waals surface area (Å²) in [5.41, 5.74) is 3.64. The van der Waals surface area contributed by atoms with Crippen LogP contribution in [0.5, 0.6) is 0 Å². The van der Waals surface area contributed by atoms with Crippen LogP contribution in [0, 0.1) is 0 Å². The van der Waals surface area contributed by atoms with Crippen LogP contribution in [0.4, 0.5) is 0 Å². The van der Waals surface area contributed by atoms with Gasteiger partial charge in [0.2, 0.25) is 0 Å². The quantitative estimate of drug-likeness (QED) is 0.517. The van der Waals surface area contributed by atoms with Gasteiger partial charge in [-0.2, -0.15) is 10.2 Å². The maximum Gasteiger partial charge on any atom is 0.331 e. The minimum absolute atomic E-state index is 0.299. The molecule has 1 aromatic carbocycles. The van der Waals surface area contributed by atoms with E-state index in [1.165, 1.54) is 10.7 Å². The van der Waals surface area contributed by atoms with Gasteiger partial charge in [-0.3, -0.25) is 4.79 Å². The lowest BCUT2D eigenvalue weighted by Gasteiger charge is -2.11. The van der Waals surface area contributed by atoms with E-state index in [0.717, 1.165) is 22.3 Å². The van der Waals surface area contributed by atoms with Crippen molar-refractivity contribution in [3.63, 3.8) is 0 Å². The molecule has 7 nitrogen and oxygen atoms in total. The highest BCUT2D eigenvalue weighted by molar-refractivity contribution is 5.90. The molecule has 28 heavy (non-hydrogen) atoms. The fourth-order valence-corrected chi connectivity index (χ4v) is 3.54. The van der Waals surface area contributed by atoms with Crippen LogP contribution in [-0.4, -0.2) is 32.0 Å². The summed E-state index contributed by atoms with van der Waals surface area (Å²) >= 11 is 0. The second-order valence-electron chi connectivity index (χ2n) is 6.59. The van der Waals surface area contributed by atoms with Gasteiger partial charge < -0.3 is 4.74 Å². The Morgan fingerprint density at radius 1 is 0.929 bits per heavy atom. The summed E-state index contributed by atoms with van der Waals surface area (Å²) in [6.07, 6.45) is 2.31. The molecular weight excluding hydrogens is 356 g/mol. The number of ether oxygens (including phenoxy) is 1. The molecule has 0 N–H and O–H groups in total. The van der Waals surface area contributed by atoms with Gasteiger partial charge in [0.1, 0.15) is 5.69 Å². The third-order valence-corrected chi connectivity index (χ3v) is 4.87. The van der Waals surface area contributed by atoms with Gasteiger partial charge in [-0.05, 0) is 18.2 Å². The van der Waals surface area contributed by atoms with Crippen LogP contribution in [0.3, 0.4) is 0 Å². The van der Waals surface area contributed by atoms with Gasteiger partial charge in [-0.15, -0.1) is 0 Å². The number of benzene rings is 1. The van der Waals surface area contributed by atoms with E-state index in [2.05, 4.69) is 5.10 Å². The number of hydrogen-bond acceptors (Lipinski definition) is 5. The molecule has 0 saturated carbocycles. The van der Waals surface area contributed by atoms with Crippen molar-refractivity contribution in [2.45, 2.75) is 12.5 Å². The first-order valence-electron chi connectivity index (χ1n) is 9.02. The first kappa shape index (κ1) is 16.4. The van der Waals surface area contributed by atoms with Crippen molar-refractivity contribution in [1.29, 1.82) is 0 Å². The molecule has 0 bridgehead atoms. The van der Waals surface area contributed by atoms with Crippen LogP contribution in [0.2, 0.25) is 0 Å². The summed E-state index contributed by atoms with van der Waals surface area (Å²) in [5, 5.41) is 9.25. The molecule has 1 unspecified atom stereocenters. The minimum Gasteiger partial charge on any atom is -0.464 e. The molecule has 3 aromatic heterocycles. The third kappa shape index (κ3) is 2.60. The highest BCUT2D eigenvalue weighted by Crippen LogP contribution is 2.33. The van der Waals surface area contributed by atoms with Crippen LogP contribution >= 0.6 is 0 Å². The Balaban J connectivity index is 1.76. The Kier molecular flexibility index (Phi) is 3.79. The predicted molar refractivity (Wildman–Crippen MR) is 103 cm³/mol. The number of aromatic nitrogens is 4. The Morgan fingerprint density at radius 3 is 2.54 bits per heavy atom. The number of carbonyl (C=O) groups excluding carboxylic acids is 1. The van der Waals surface area contributed by atoms with E-state index in [1.54, 1.807) is 10.6 Å². The van der Waals surface area contributed by atoms with E-state index >= 15 is 0 Å². The van der Waals surface area contributed by atoms with Gasteiger partial charge in [-0.1, -0.05) is 36.4 Å². The van der Waals surface area contributed by atoms with Crippen molar-refractivity contribution in [2.75, 3.05) is 6.61 Å². The van der Waals surface area contributed by atoms with Crippen molar-refractivity contribution in [2.24, 2.45) is 0 Å². The van der Waals surface area contributed by atoms with Crippen LogP contribution in [0.25, 0.3) is 28.0 Å². The minimum atomic E-state index is -0.686. The number of rotatable bonds is 3. The van der Waals surface area contributed by atoms with E-state index in [9.17, 15) is 9.59 Å². The molecule has 1 fully saturated rings. The van der Waals surface area contributed by atoms with Crippen molar-refractivity contribution in [3.05, 3.63) is 77.2 Å². The molecule has 5 rings (SSSR count). The van der Waals surface area contributed by atoms with Crippen molar-refractivity contribution in [1.82, 2.24) is 19.4 Å². The first-order valence-corrected chi connectivity index (χ1v) is 9.02. The molecule has 7 heteroatoms. The molecule has 1 atom stereocenters. The highest BCUT2D eigenvalue weighted by atomic mass is 16.5. The Morgan fingerprint density at radius 2 is 1.75 bits per heavy atom. The first-order chi connectivity index (χ1) is 13.7. The fraction of sp³-hybridized carbons (Fsp3) is 0.143. The normalized spacial score (nSPS) is 16.4. The average molecular weight is 372 g/mol. The third-order valence-electron chi connectivity index (χ3n) is 4.87. The molecule has 0 aliphatic carbocycles. The maximum absolute atomic E-state index is 12.4. The van der Waals surface area contributed by atoms with E-state index in [0.29, 0.717) is 18.7 Å². The Labute approximate surface area is 159 Å². The number of fused-ring (bicyclic) bond motifs is 1. The summed E-state index contributed by atoms with van der Waals surface area (Å²) in [6, 6.07) is 18.0. The molecule has 4 heterocycles.